The molecule has 0 bridgehead atoms. The molecular weight excluding hydrogens is 471 g/mol. The molecule has 2 aromatic rings. The normalized spacial score (nSPS) is 12.2. The molecule has 0 aliphatic carbocycles. The number of amides is 1. The third kappa shape index (κ3) is 5.51. The van der Waals surface area contributed by atoms with E-state index >= 15 is 0 Å². The fourth-order valence-corrected chi connectivity index (χ4v) is 2.67. The van der Waals surface area contributed by atoms with Crippen molar-refractivity contribution in [1.82, 2.24) is 15.5 Å². The number of aliphatic imine (C=N–C) groups is 1. The van der Waals surface area contributed by atoms with Crippen molar-refractivity contribution < 1.29 is 14.3 Å². The molecule has 0 radical (unpaired) electrons. The number of guanidine groups is 1. The van der Waals surface area contributed by atoms with E-state index in [1.807, 2.05) is 42.5 Å². The number of halogens is 1. The van der Waals surface area contributed by atoms with Gasteiger partial charge in [0.1, 0.15) is 0 Å². The number of carbonyl (C=O) groups is 1. The molecule has 2 aromatic carbocycles. The van der Waals surface area contributed by atoms with Gasteiger partial charge in [-0.2, -0.15) is 0 Å². The molecule has 150 valence electrons. The molecule has 0 atom stereocenters. The van der Waals surface area contributed by atoms with Crippen LogP contribution in [0.5, 0.6) is 11.5 Å². The van der Waals surface area contributed by atoms with Gasteiger partial charge in [0.25, 0.3) is 5.91 Å². The van der Waals surface area contributed by atoms with Crippen LogP contribution in [-0.4, -0.2) is 44.7 Å². The van der Waals surface area contributed by atoms with Gasteiger partial charge in [0.05, 0.1) is 0 Å². The maximum absolute atomic E-state index is 11.9. The highest BCUT2D eigenvalue weighted by molar-refractivity contribution is 14.0. The number of benzene rings is 2. The highest BCUT2D eigenvalue weighted by atomic mass is 127. The molecule has 1 aliphatic heterocycles. The molecule has 0 aromatic heterocycles. The predicted molar refractivity (Wildman–Crippen MR) is 119 cm³/mol. The lowest BCUT2D eigenvalue weighted by Gasteiger charge is -2.13. The summed E-state index contributed by atoms with van der Waals surface area (Å²) in [4.78, 5) is 17.7. The minimum atomic E-state index is -0.00397. The average molecular weight is 496 g/mol. The van der Waals surface area contributed by atoms with Crippen LogP contribution in [0.1, 0.15) is 21.5 Å². The molecule has 1 aliphatic rings. The molecule has 0 saturated carbocycles. The van der Waals surface area contributed by atoms with E-state index in [2.05, 4.69) is 15.6 Å². The molecule has 1 heterocycles. The topological polar surface area (TPSA) is 75.2 Å². The van der Waals surface area contributed by atoms with Gasteiger partial charge >= 0.3 is 0 Å². The van der Waals surface area contributed by atoms with Gasteiger partial charge in [0, 0.05) is 39.8 Å². The van der Waals surface area contributed by atoms with E-state index in [-0.39, 0.29) is 36.7 Å². The Morgan fingerprint density at radius 1 is 1.00 bits per heavy atom. The molecule has 8 heteroatoms. The van der Waals surface area contributed by atoms with Crippen molar-refractivity contribution in [3.8, 4) is 11.5 Å². The number of hydrogen-bond donors (Lipinski definition) is 2. The van der Waals surface area contributed by atoms with Crippen molar-refractivity contribution in [3.63, 3.8) is 0 Å². The molecule has 0 spiro atoms. The smallest absolute Gasteiger partial charge is 0.253 e. The minimum absolute atomic E-state index is 0. The first-order chi connectivity index (χ1) is 13.1. The predicted octanol–water partition coefficient (Wildman–Crippen LogP) is 2.60. The van der Waals surface area contributed by atoms with E-state index in [1.54, 1.807) is 26.0 Å². The first-order valence-electron chi connectivity index (χ1n) is 8.70. The molecule has 3 rings (SSSR count). The van der Waals surface area contributed by atoms with Crippen LogP contribution in [0, 0.1) is 0 Å². The van der Waals surface area contributed by atoms with E-state index in [0.717, 1.165) is 22.6 Å². The summed E-state index contributed by atoms with van der Waals surface area (Å²) >= 11 is 0. The Bertz CT molecular complexity index is 838. The number of hydrogen-bond acceptors (Lipinski definition) is 4. The number of carbonyl (C=O) groups excluding carboxylic acids is 1. The van der Waals surface area contributed by atoms with Crippen LogP contribution < -0.4 is 20.1 Å². The molecule has 7 nitrogen and oxygen atoms in total. The second kappa shape index (κ2) is 10.2. The van der Waals surface area contributed by atoms with Gasteiger partial charge in [-0.15, -0.1) is 24.0 Å². The van der Waals surface area contributed by atoms with Gasteiger partial charge in [0.15, 0.2) is 17.5 Å². The van der Waals surface area contributed by atoms with Crippen LogP contribution in [-0.2, 0) is 13.1 Å². The van der Waals surface area contributed by atoms with Crippen molar-refractivity contribution in [2.24, 2.45) is 4.99 Å². The van der Waals surface area contributed by atoms with Gasteiger partial charge < -0.3 is 25.0 Å². The van der Waals surface area contributed by atoms with Crippen molar-refractivity contribution in [1.29, 1.82) is 0 Å². The molecule has 1 amide bonds. The van der Waals surface area contributed by atoms with Crippen molar-refractivity contribution in [3.05, 3.63) is 59.2 Å². The maximum atomic E-state index is 11.9. The summed E-state index contributed by atoms with van der Waals surface area (Å²) < 4.78 is 10.7. The van der Waals surface area contributed by atoms with Crippen LogP contribution in [0.3, 0.4) is 0 Å². The second-order valence-electron chi connectivity index (χ2n) is 6.36. The molecule has 28 heavy (non-hydrogen) atoms. The highest BCUT2D eigenvalue weighted by Gasteiger charge is 2.13. The molecule has 0 fully saturated rings. The first-order valence-corrected chi connectivity index (χ1v) is 8.70. The third-order valence-corrected chi connectivity index (χ3v) is 4.19. The van der Waals surface area contributed by atoms with Gasteiger partial charge in [-0.05, 0) is 35.4 Å². The lowest BCUT2D eigenvalue weighted by Crippen LogP contribution is -2.36. The Hall–Kier alpha value is -2.49. The number of ether oxygens (including phenoxy) is 2. The van der Waals surface area contributed by atoms with Crippen LogP contribution in [0.2, 0.25) is 0 Å². The van der Waals surface area contributed by atoms with Crippen LogP contribution in [0.25, 0.3) is 0 Å². The highest BCUT2D eigenvalue weighted by Crippen LogP contribution is 2.32. The Kier molecular flexibility index (Phi) is 7.91. The zero-order chi connectivity index (χ0) is 19.2. The van der Waals surface area contributed by atoms with Gasteiger partial charge in [-0.25, -0.2) is 0 Å². The fraction of sp³-hybridized carbons (Fsp3) is 0.300. The van der Waals surface area contributed by atoms with Crippen LogP contribution in [0.15, 0.2) is 47.5 Å². The summed E-state index contributed by atoms with van der Waals surface area (Å²) in [5.41, 5.74) is 2.82. The van der Waals surface area contributed by atoms with Crippen molar-refractivity contribution in [2.75, 3.05) is 27.9 Å². The lowest BCUT2D eigenvalue weighted by molar-refractivity contribution is 0.0827. The summed E-state index contributed by atoms with van der Waals surface area (Å²) in [6.45, 7) is 1.50. The summed E-state index contributed by atoms with van der Waals surface area (Å²) in [5, 5.41) is 6.54. The summed E-state index contributed by atoms with van der Waals surface area (Å²) in [6.07, 6.45) is 0. The van der Waals surface area contributed by atoms with Crippen molar-refractivity contribution >= 4 is 35.8 Å². The third-order valence-electron chi connectivity index (χ3n) is 4.19. The Morgan fingerprint density at radius 2 is 1.61 bits per heavy atom. The monoisotopic (exact) mass is 496 g/mol. The Morgan fingerprint density at radius 3 is 2.25 bits per heavy atom. The minimum Gasteiger partial charge on any atom is -0.454 e. The van der Waals surface area contributed by atoms with E-state index < -0.39 is 0 Å². The van der Waals surface area contributed by atoms with E-state index in [0.29, 0.717) is 24.6 Å². The summed E-state index contributed by atoms with van der Waals surface area (Å²) in [6, 6.07) is 13.4. The Labute approximate surface area is 182 Å². The van der Waals surface area contributed by atoms with Crippen LogP contribution in [0.4, 0.5) is 0 Å². The largest absolute Gasteiger partial charge is 0.454 e. The number of rotatable bonds is 5. The second-order valence-corrected chi connectivity index (χ2v) is 6.36. The summed E-state index contributed by atoms with van der Waals surface area (Å²) in [7, 11) is 5.22. The zero-order valence-corrected chi connectivity index (χ0v) is 18.5. The maximum Gasteiger partial charge on any atom is 0.253 e. The quantitative estimate of drug-likeness (QED) is 0.378. The number of nitrogens with zero attached hydrogens (tertiary/aromatic N) is 2. The van der Waals surface area contributed by atoms with Crippen LogP contribution >= 0.6 is 24.0 Å². The van der Waals surface area contributed by atoms with Gasteiger partial charge in [-0.1, -0.05) is 18.2 Å². The van der Waals surface area contributed by atoms with Crippen molar-refractivity contribution in [2.45, 2.75) is 13.1 Å². The van der Waals surface area contributed by atoms with E-state index in [9.17, 15) is 4.79 Å². The molecule has 2 N–H and O–H groups in total. The molecule has 0 saturated heterocycles. The fourth-order valence-electron chi connectivity index (χ4n) is 2.67. The lowest BCUT2D eigenvalue weighted by atomic mass is 10.1. The number of fused-ring (bicyclic) bond motifs is 1. The van der Waals surface area contributed by atoms with Gasteiger partial charge in [0.2, 0.25) is 6.79 Å². The molecule has 0 unspecified atom stereocenters. The van der Waals surface area contributed by atoms with E-state index in [1.165, 1.54) is 0 Å². The summed E-state index contributed by atoms with van der Waals surface area (Å²) in [5.74, 6) is 2.24. The van der Waals surface area contributed by atoms with Gasteiger partial charge in [-0.3, -0.25) is 9.79 Å². The van der Waals surface area contributed by atoms with E-state index in [4.69, 9.17) is 9.47 Å². The standard InChI is InChI=1S/C20H24N4O3.HI/c1-21-20(23-12-15-6-9-17-18(10-15)27-13-26-17)22-11-14-4-7-16(8-5-14)19(25)24(2)3;/h4-10H,11-13H2,1-3H3,(H2,21,22,23);1H. The number of nitrogens with one attached hydrogen (secondary N) is 2. The molecular formula is C20H25IN4O3. The SMILES string of the molecule is CN=C(NCc1ccc(C(=O)N(C)C)cc1)NCc1ccc2c(c1)OCO2.I. The zero-order valence-electron chi connectivity index (χ0n) is 16.2. The average Bonchev–Trinajstić information content (AvgIpc) is 3.15. The first kappa shape index (κ1) is 21.8. The Balaban J connectivity index is 0.00000280.